The highest BCUT2D eigenvalue weighted by atomic mass is 32.1. The Morgan fingerprint density at radius 3 is 2.82 bits per heavy atom. The molecule has 0 amide bonds. The number of hydrogen-bond donors (Lipinski definition) is 1. The van der Waals surface area contributed by atoms with Gasteiger partial charge in [0.15, 0.2) is 6.61 Å². The Hall–Kier alpha value is -2.00. The molecule has 1 aliphatic heterocycles. The van der Waals surface area contributed by atoms with Gasteiger partial charge in [0.2, 0.25) is 5.79 Å². The first-order chi connectivity index (χ1) is 13.4. The summed E-state index contributed by atoms with van der Waals surface area (Å²) in [5.74, 6) is -1.14. The average molecular weight is 407 g/mol. The number of carbonyl (C=O) groups excluding carboxylic acids is 1. The van der Waals surface area contributed by atoms with Crippen LogP contribution < -0.4 is 4.74 Å². The number of aliphatic hydroxyl groups is 1. The van der Waals surface area contributed by atoms with E-state index >= 15 is 0 Å². The van der Waals surface area contributed by atoms with Crippen LogP contribution in [0.2, 0.25) is 0 Å². The van der Waals surface area contributed by atoms with Gasteiger partial charge in [-0.25, -0.2) is 9.78 Å². The largest absolute Gasteiger partial charge is 0.482 e. The second-order valence-electron chi connectivity index (χ2n) is 6.92. The molecule has 2 unspecified atom stereocenters. The number of aryl methyl sites for hydroxylation is 1. The summed E-state index contributed by atoms with van der Waals surface area (Å²) < 4.78 is 15.6. The highest BCUT2D eigenvalue weighted by Crippen LogP contribution is 2.29. The molecule has 2 atom stereocenters. The number of aromatic nitrogens is 1. The van der Waals surface area contributed by atoms with Crippen molar-refractivity contribution in [3.05, 3.63) is 45.9 Å². The molecule has 0 radical (unpaired) electrons. The lowest BCUT2D eigenvalue weighted by Gasteiger charge is -2.41. The van der Waals surface area contributed by atoms with Crippen LogP contribution in [-0.2, 0) is 26.5 Å². The van der Waals surface area contributed by atoms with Gasteiger partial charge in [-0.2, -0.15) is 0 Å². The van der Waals surface area contributed by atoms with Crippen molar-refractivity contribution in [2.24, 2.45) is 0 Å². The van der Waals surface area contributed by atoms with E-state index in [1.165, 1.54) is 18.4 Å². The average Bonchev–Trinajstić information content (AvgIpc) is 3.14. The molecule has 3 rings (SSSR count). The van der Waals surface area contributed by atoms with Gasteiger partial charge >= 0.3 is 5.97 Å². The number of β-amino-alcohol motifs (C(OH)–C–C–N with tert-alkyl or cyclic N) is 1. The molecular formula is C20H26N2O5S. The van der Waals surface area contributed by atoms with Crippen LogP contribution in [0.1, 0.15) is 23.2 Å². The van der Waals surface area contributed by atoms with Crippen molar-refractivity contribution in [2.75, 3.05) is 33.4 Å². The number of ether oxygens (including phenoxy) is 3. The van der Waals surface area contributed by atoms with E-state index in [2.05, 4.69) is 21.5 Å². The van der Waals surface area contributed by atoms with Gasteiger partial charge in [-0.05, 0) is 38.0 Å². The van der Waals surface area contributed by atoms with Crippen molar-refractivity contribution >= 4 is 17.3 Å². The fourth-order valence-corrected chi connectivity index (χ4v) is 3.87. The number of methoxy groups -OCH3 is 1. The molecule has 28 heavy (non-hydrogen) atoms. The third kappa shape index (κ3) is 5.08. The number of nitrogens with zero attached hydrogens (tertiary/aromatic N) is 2. The Morgan fingerprint density at radius 1 is 1.43 bits per heavy atom. The van der Waals surface area contributed by atoms with Crippen LogP contribution in [0.4, 0.5) is 0 Å². The highest BCUT2D eigenvalue weighted by molar-refractivity contribution is 7.09. The van der Waals surface area contributed by atoms with Gasteiger partial charge in [0, 0.05) is 18.0 Å². The van der Waals surface area contributed by atoms with Crippen LogP contribution in [0.3, 0.4) is 0 Å². The highest BCUT2D eigenvalue weighted by Gasteiger charge is 2.39. The summed E-state index contributed by atoms with van der Waals surface area (Å²) in [6.07, 6.45) is 0.823. The second-order valence-corrected chi connectivity index (χ2v) is 7.98. The summed E-state index contributed by atoms with van der Waals surface area (Å²) in [5, 5.41) is 13.7. The lowest BCUT2D eigenvalue weighted by atomic mass is 10.0. The maximum Gasteiger partial charge on any atom is 0.343 e. The third-order valence-corrected chi connectivity index (χ3v) is 5.59. The van der Waals surface area contributed by atoms with E-state index in [1.807, 2.05) is 36.6 Å². The molecule has 0 aliphatic carbocycles. The first-order valence-electron chi connectivity index (χ1n) is 9.21. The summed E-state index contributed by atoms with van der Waals surface area (Å²) in [4.78, 5) is 17.8. The predicted octanol–water partition coefficient (Wildman–Crippen LogP) is 2.11. The van der Waals surface area contributed by atoms with Crippen molar-refractivity contribution in [3.8, 4) is 5.75 Å². The van der Waals surface area contributed by atoms with Gasteiger partial charge in [0.1, 0.15) is 11.4 Å². The van der Waals surface area contributed by atoms with Crippen LogP contribution in [0.25, 0.3) is 0 Å². The van der Waals surface area contributed by atoms with Crippen LogP contribution >= 0.6 is 11.3 Å². The number of morpholine rings is 1. The minimum absolute atomic E-state index is 0.102. The third-order valence-electron chi connectivity index (χ3n) is 4.82. The van der Waals surface area contributed by atoms with Crippen molar-refractivity contribution in [2.45, 2.75) is 32.1 Å². The molecule has 1 fully saturated rings. The Morgan fingerprint density at radius 2 is 2.18 bits per heavy atom. The Kier molecular flexibility index (Phi) is 6.66. The molecule has 0 bridgehead atoms. The number of carbonyl (C=O) groups is 1. The van der Waals surface area contributed by atoms with Crippen LogP contribution in [-0.4, -0.2) is 60.4 Å². The second kappa shape index (κ2) is 9.00. The van der Waals surface area contributed by atoms with Crippen LogP contribution in [0.15, 0.2) is 29.6 Å². The minimum atomic E-state index is -1.36. The summed E-state index contributed by atoms with van der Waals surface area (Å²) in [7, 11) is 1.33. The molecule has 1 N–H and O–H groups in total. The minimum Gasteiger partial charge on any atom is -0.482 e. The van der Waals surface area contributed by atoms with Crippen molar-refractivity contribution in [1.29, 1.82) is 0 Å². The normalized spacial score (nSPS) is 21.3. The Labute approximate surface area is 168 Å². The Bertz CT molecular complexity index is 794. The molecule has 7 nitrogen and oxygen atoms in total. The molecule has 152 valence electrons. The van der Waals surface area contributed by atoms with E-state index in [4.69, 9.17) is 9.47 Å². The maximum atomic E-state index is 11.1. The van der Waals surface area contributed by atoms with Gasteiger partial charge in [-0.1, -0.05) is 12.1 Å². The quantitative estimate of drug-likeness (QED) is 0.706. The van der Waals surface area contributed by atoms with Gasteiger partial charge in [-0.15, -0.1) is 11.3 Å². The zero-order chi connectivity index (χ0) is 20.1. The fraction of sp³-hybridized carbons (Fsp3) is 0.500. The lowest BCUT2D eigenvalue weighted by molar-refractivity contribution is -0.253. The fourth-order valence-electron chi connectivity index (χ4n) is 3.20. The predicted molar refractivity (Wildman–Crippen MR) is 105 cm³/mol. The number of benzene rings is 1. The first kappa shape index (κ1) is 20.7. The van der Waals surface area contributed by atoms with Gasteiger partial charge < -0.3 is 19.3 Å². The molecule has 8 heteroatoms. The summed E-state index contributed by atoms with van der Waals surface area (Å²) in [5.41, 5.74) is 1.73. The topological polar surface area (TPSA) is 81.1 Å². The van der Waals surface area contributed by atoms with Crippen molar-refractivity contribution in [3.63, 3.8) is 0 Å². The van der Waals surface area contributed by atoms with E-state index in [1.54, 1.807) is 0 Å². The van der Waals surface area contributed by atoms with Gasteiger partial charge in [-0.3, -0.25) is 4.90 Å². The van der Waals surface area contributed by atoms with Crippen molar-refractivity contribution in [1.82, 2.24) is 9.88 Å². The molecule has 0 saturated carbocycles. The van der Waals surface area contributed by atoms with E-state index < -0.39 is 11.8 Å². The zero-order valence-corrected chi connectivity index (χ0v) is 17.2. The SMILES string of the molecule is COC(=O)COc1ccc(CC(C)N2CCOC(O)(c3csc(C)n3)C2)cc1. The van der Waals surface area contributed by atoms with Crippen LogP contribution in [0.5, 0.6) is 5.75 Å². The maximum absolute atomic E-state index is 11.1. The van der Waals surface area contributed by atoms with E-state index in [-0.39, 0.29) is 12.6 Å². The molecule has 1 aromatic heterocycles. The van der Waals surface area contributed by atoms with Gasteiger partial charge in [0.25, 0.3) is 0 Å². The van der Waals surface area contributed by atoms with E-state index in [0.29, 0.717) is 24.6 Å². The molecular weight excluding hydrogens is 380 g/mol. The first-order valence-corrected chi connectivity index (χ1v) is 10.1. The van der Waals surface area contributed by atoms with Crippen LogP contribution in [0, 0.1) is 6.92 Å². The number of thiazole rings is 1. The lowest BCUT2D eigenvalue weighted by Crippen LogP contribution is -2.53. The molecule has 1 saturated heterocycles. The summed E-state index contributed by atoms with van der Waals surface area (Å²) in [6, 6.07) is 7.88. The summed E-state index contributed by atoms with van der Waals surface area (Å²) >= 11 is 1.51. The molecule has 2 heterocycles. The molecule has 1 aliphatic rings. The molecule has 0 spiro atoms. The van der Waals surface area contributed by atoms with E-state index in [0.717, 1.165) is 23.5 Å². The number of hydrogen-bond acceptors (Lipinski definition) is 8. The monoisotopic (exact) mass is 406 g/mol. The van der Waals surface area contributed by atoms with Gasteiger partial charge in [0.05, 0.1) is 25.3 Å². The number of esters is 1. The zero-order valence-electron chi connectivity index (χ0n) is 16.4. The van der Waals surface area contributed by atoms with Crippen molar-refractivity contribution < 1.29 is 24.1 Å². The van der Waals surface area contributed by atoms with E-state index in [9.17, 15) is 9.90 Å². The summed E-state index contributed by atoms with van der Waals surface area (Å²) in [6.45, 7) is 5.55. The standard InChI is InChI=1S/C20H26N2O5S/c1-14(10-16-4-6-17(7-5-16)26-11-19(23)25-3)22-8-9-27-20(24,13-22)18-12-28-15(2)21-18/h4-7,12,14,24H,8-11,13H2,1-3H3. The Balaban J connectivity index is 1.58. The molecule has 2 aromatic rings. The molecule has 1 aromatic carbocycles. The smallest absolute Gasteiger partial charge is 0.343 e. The number of rotatable bonds is 7.